The second kappa shape index (κ2) is 7.05. The van der Waals surface area contributed by atoms with Gasteiger partial charge in [0.05, 0.1) is 6.10 Å². The van der Waals surface area contributed by atoms with Crippen LogP contribution in [0.15, 0.2) is 10.8 Å². The van der Waals surface area contributed by atoms with Crippen LogP contribution < -0.4 is 10.6 Å². The molecule has 0 aliphatic carbocycles. The van der Waals surface area contributed by atoms with Gasteiger partial charge in [0, 0.05) is 25.6 Å². The van der Waals surface area contributed by atoms with E-state index in [0.717, 1.165) is 48.6 Å². The first-order valence-electron chi connectivity index (χ1n) is 6.86. The zero-order valence-electron chi connectivity index (χ0n) is 11.4. The van der Waals surface area contributed by atoms with Crippen molar-refractivity contribution >= 4 is 27.6 Å². The van der Waals surface area contributed by atoms with Gasteiger partial charge < -0.3 is 15.4 Å². The van der Waals surface area contributed by atoms with Crippen LogP contribution in [0.1, 0.15) is 26.7 Å². The molecule has 1 saturated heterocycles. The molecule has 106 valence electrons. The number of nitrogens with zero attached hydrogens (tertiary/aromatic N) is 2. The predicted molar refractivity (Wildman–Crippen MR) is 80.5 cm³/mol. The highest BCUT2D eigenvalue weighted by molar-refractivity contribution is 9.10. The van der Waals surface area contributed by atoms with Crippen LogP contribution in [0.5, 0.6) is 0 Å². The van der Waals surface area contributed by atoms with Crippen molar-refractivity contribution in [1.29, 1.82) is 0 Å². The molecule has 6 heteroatoms. The molecule has 1 aromatic heterocycles. The van der Waals surface area contributed by atoms with Gasteiger partial charge in [-0.1, -0.05) is 6.92 Å². The maximum absolute atomic E-state index is 5.70. The topological polar surface area (TPSA) is 59.1 Å². The van der Waals surface area contributed by atoms with Crippen molar-refractivity contribution in [3.05, 3.63) is 10.8 Å². The number of hydrogen-bond acceptors (Lipinski definition) is 5. The minimum atomic E-state index is 0.376. The molecular formula is C13H21BrN4O. The Hall–Kier alpha value is -0.880. The number of hydrogen-bond donors (Lipinski definition) is 2. The van der Waals surface area contributed by atoms with Crippen molar-refractivity contribution in [1.82, 2.24) is 9.97 Å². The van der Waals surface area contributed by atoms with E-state index in [1.807, 2.05) is 6.92 Å². The first kappa shape index (κ1) is 14.5. The first-order chi connectivity index (χ1) is 9.26. The van der Waals surface area contributed by atoms with Gasteiger partial charge in [-0.25, -0.2) is 9.97 Å². The summed E-state index contributed by atoms with van der Waals surface area (Å²) in [6.45, 7) is 6.82. The lowest BCUT2D eigenvalue weighted by Gasteiger charge is -2.18. The summed E-state index contributed by atoms with van der Waals surface area (Å²) in [5.41, 5.74) is 0. The molecule has 0 aromatic carbocycles. The van der Waals surface area contributed by atoms with Crippen molar-refractivity contribution in [2.75, 3.05) is 30.3 Å². The fraction of sp³-hybridized carbons (Fsp3) is 0.692. The third kappa shape index (κ3) is 3.57. The quantitative estimate of drug-likeness (QED) is 0.840. The van der Waals surface area contributed by atoms with Gasteiger partial charge in [-0.05, 0) is 35.7 Å². The van der Waals surface area contributed by atoms with Crippen LogP contribution in [0.2, 0.25) is 0 Å². The molecule has 2 N–H and O–H groups in total. The molecular weight excluding hydrogens is 308 g/mol. The average Bonchev–Trinajstić information content (AvgIpc) is 2.87. The molecule has 0 saturated carbocycles. The molecule has 2 atom stereocenters. The van der Waals surface area contributed by atoms with Gasteiger partial charge >= 0.3 is 0 Å². The van der Waals surface area contributed by atoms with E-state index in [2.05, 4.69) is 43.5 Å². The van der Waals surface area contributed by atoms with E-state index in [1.165, 1.54) is 0 Å². The molecule has 2 heterocycles. The van der Waals surface area contributed by atoms with Crippen molar-refractivity contribution in [3.63, 3.8) is 0 Å². The lowest BCUT2D eigenvalue weighted by Crippen LogP contribution is -2.23. The molecule has 0 amide bonds. The first-order valence-corrected chi connectivity index (χ1v) is 7.65. The molecule has 1 aromatic rings. The largest absolute Gasteiger partial charge is 0.378 e. The molecule has 5 nitrogen and oxygen atoms in total. The minimum Gasteiger partial charge on any atom is -0.378 e. The summed E-state index contributed by atoms with van der Waals surface area (Å²) in [6, 6.07) is 0. The van der Waals surface area contributed by atoms with Crippen molar-refractivity contribution in [2.24, 2.45) is 5.92 Å². The lowest BCUT2D eigenvalue weighted by atomic mass is 10.00. The summed E-state index contributed by atoms with van der Waals surface area (Å²) in [4.78, 5) is 8.49. The van der Waals surface area contributed by atoms with Crippen LogP contribution >= 0.6 is 15.9 Å². The predicted octanol–water partition coefficient (Wildman–Crippen LogP) is 2.90. The molecule has 1 fully saturated rings. The molecule has 1 aliphatic rings. The van der Waals surface area contributed by atoms with Gasteiger partial charge in [0.15, 0.2) is 0 Å². The van der Waals surface area contributed by atoms with Crippen LogP contribution in [0, 0.1) is 5.92 Å². The summed E-state index contributed by atoms with van der Waals surface area (Å²) in [6.07, 6.45) is 4.14. The Morgan fingerprint density at radius 1 is 1.32 bits per heavy atom. The van der Waals surface area contributed by atoms with Gasteiger partial charge in [0.25, 0.3) is 0 Å². The van der Waals surface area contributed by atoms with Crippen LogP contribution in [0.3, 0.4) is 0 Å². The monoisotopic (exact) mass is 328 g/mol. The number of rotatable bonds is 6. The SMILES string of the molecule is CCNc1ncnc(NCC2CCOC2CC)c1Br. The van der Waals surface area contributed by atoms with E-state index in [0.29, 0.717) is 12.0 Å². The Morgan fingerprint density at radius 2 is 2.05 bits per heavy atom. The molecule has 19 heavy (non-hydrogen) atoms. The second-order valence-corrected chi connectivity index (χ2v) is 5.46. The lowest BCUT2D eigenvalue weighted by molar-refractivity contribution is 0.0900. The standard InChI is InChI=1S/C13H21BrN4O/c1-3-10-9(5-6-19-10)7-16-13-11(14)12(15-4-2)17-8-18-13/h8-10H,3-7H2,1-2H3,(H2,15,16,17,18). The van der Waals surface area contributed by atoms with E-state index in [4.69, 9.17) is 4.74 Å². The number of halogens is 1. The maximum atomic E-state index is 5.70. The molecule has 2 rings (SSSR count). The summed E-state index contributed by atoms with van der Waals surface area (Å²) in [7, 11) is 0. The molecule has 0 radical (unpaired) electrons. The van der Waals surface area contributed by atoms with E-state index in [-0.39, 0.29) is 0 Å². The summed E-state index contributed by atoms with van der Waals surface area (Å²) in [5, 5.41) is 6.60. The van der Waals surface area contributed by atoms with Crippen LogP contribution in [0.4, 0.5) is 11.6 Å². The van der Waals surface area contributed by atoms with E-state index in [9.17, 15) is 0 Å². The van der Waals surface area contributed by atoms with Crippen molar-refractivity contribution in [2.45, 2.75) is 32.8 Å². The Kier molecular flexibility index (Phi) is 5.39. The summed E-state index contributed by atoms with van der Waals surface area (Å²) < 4.78 is 6.59. The van der Waals surface area contributed by atoms with Crippen molar-refractivity contribution < 1.29 is 4.74 Å². The van der Waals surface area contributed by atoms with Crippen molar-refractivity contribution in [3.8, 4) is 0 Å². The van der Waals surface area contributed by atoms with E-state index >= 15 is 0 Å². The Morgan fingerprint density at radius 3 is 2.74 bits per heavy atom. The Balaban J connectivity index is 1.97. The highest BCUT2D eigenvalue weighted by Gasteiger charge is 2.26. The van der Waals surface area contributed by atoms with Gasteiger partial charge in [0.2, 0.25) is 0 Å². The molecule has 1 aliphatic heterocycles. The number of nitrogens with one attached hydrogen (secondary N) is 2. The third-order valence-electron chi connectivity index (χ3n) is 3.41. The van der Waals surface area contributed by atoms with Crippen LogP contribution in [0.25, 0.3) is 0 Å². The minimum absolute atomic E-state index is 0.376. The molecule has 0 bridgehead atoms. The van der Waals surface area contributed by atoms with E-state index < -0.39 is 0 Å². The van der Waals surface area contributed by atoms with Gasteiger partial charge in [-0.2, -0.15) is 0 Å². The third-order valence-corrected chi connectivity index (χ3v) is 4.17. The van der Waals surface area contributed by atoms with Gasteiger partial charge in [0.1, 0.15) is 22.4 Å². The van der Waals surface area contributed by atoms with Crippen LogP contribution in [-0.2, 0) is 4.74 Å². The maximum Gasteiger partial charge on any atom is 0.145 e. The highest BCUT2D eigenvalue weighted by Crippen LogP contribution is 2.28. The van der Waals surface area contributed by atoms with Gasteiger partial charge in [-0.3, -0.25) is 0 Å². The van der Waals surface area contributed by atoms with Gasteiger partial charge in [-0.15, -0.1) is 0 Å². The normalized spacial score (nSPS) is 22.5. The average molecular weight is 329 g/mol. The zero-order valence-corrected chi connectivity index (χ0v) is 13.0. The van der Waals surface area contributed by atoms with Crippen LogP contribution in [-0.4, -0.2) is 35.8 Å². The fourth-order valence-electron chi connectivity index (χ4n) is 2.39. The smallest absolute Gasteiger partial charge is 0.145 e. The van der Waals surface area contributed by atoms with E-state index in [1.54, 1.807) is 6.33 Å². The summed E-state index contributed by atoms with van der Waals surface area (Å²) >= 11 is 3.54. The number of ether oxygens (including phenoxy) is 1. The number of aromatic nitrogens is 2. The molecule has 2 unspecified atom stereocenters. The summed E-state index contributed by atoms with van der Waals surface area (Å²) in [5.74, 6) is 2.23. The zero-order chi connectivity index (χ0) is 13.7. The second-order valence-electron chi connectivity index (χ2n) is 4.66. The Labute approximate surface area is 122 Å². The fourth-order valence-corrected chi connectivity index (χ4v) is 2.87. The molecule has 0 spiro atoms. The highest BCUT2D eigenvalue weighted by atomic mass is 79.9. The number of anilines is 2. The Bertz CT molecular complexity index is 416.